The molecule has 158 valence electrons. The van der Waals surface area contributed by atoms with Crippen LogP contribution in [0.2, 0.25) is 0 Å². The summed E-state index contributed by atoms with van der Waals surface area (Å²) in [5.41, 5.74) is 7.46. The highest BCUT2D eigenvalue weighted by Crippen LogP contribution is 2.29. The molecule has 3 aromatic rings. The molecule has 5 nitrogen and oxygen atoms in total. The number of nitrogens with zero attached hydrogens (tertiary/aromatic N) is 4. The first-order chi connectivity index (χ1) is 14.8. The van der Waals surface area contributed by atoms with Crippen molar-refractivity contribution in [2.45, 2.75) is 52.6 Å². The number of nitrogens with one attached hydrogen (secondary N) is 1. The fraction of sp³-hybridized carbons (Fsp3) is 0.440. The van der Waals surface area contributed by atoms with E-state index in [9.17, 15) is 0 Å². The van der Waals surface area contributed by atoms with E-state index in [1.807, 2.05) is 12.3 Å². The molecule has 0 fully saturated rings. The summed E-state index contributed by atoms with van der Waals surface area (Å²) in [5.74, 6) is 0. The van der Waals surface area contributed by atoms with Gasteiger partial charge in [-0.15, -0.1) is 0 Å². The fourth-order valence-electron chi connectivity index (χ4n) is 4.32. The van der Waals surface area contributed by atoms with Crippen LogP contribution in [0, 0.1) is 6.92 Å². The Morgan fingerprint density at radius 3 is 2.77 bits per heavy atom. The SMILES string of the molecule is CCNCCCCCn1nc(C)c2c1CCN(c1ccnc(-c3ccccc3)c1)C2. The Morgan fingerprint density at radius 1 is 1.07 bits per heavy atom. The van der Waals surface area contributed by atoms with Gasteiger partial charge in [0.2, 0.25) is 0 Å². The first-order valence-corrected chi connectivity index (χ1v) is 11.3. The van der Waals surface area contributed by atoms with Gasteiger partial charge in [0.25, 0.3) is 0 Å². The van der Waals surface area contributed by atoms with Crippen molar-refractivity contribution in [2.24, 2.45) is 0 Å². The minimum absolute atomic E-state index is 0.930. The van der Waals surface area contributed by atoms with Crippen LogP contribution < -0.4 is 10.2 Å². The van der Waals surface area contributed by atoms with Crippen molar-refractivity contribution in [2.75, 3.05) is 24.5 Å². The van der Waals surface area contributed by atoms with Crippen molar-refractivity contribution in [1.29, 1.82) is 0 Å². The van der Waals surface area contributed by atoms with Crippen molar-refractivity contribution in [3.8, 4) is 11.3 Å². The average molecular weight is 404 g/mol. The Balaban J connectivity index is 1.42. The number of benzene rings is 1. The van der Waals surface area contributed by atoms with Gasteiger partial charge in [-0.25, -0.2) is 0 Å². The number of aryl methyl sites for hydroxylation is 2. The molecule has 0 saturated carbocycles. The third-order valence-corrected chi connectivity index (χ3v) is 5.99. The van der Waals surface area contributed by atoms with Crippen LogP contribution in [-0.2, 0) is 19.5 Å². The monoisotopic (exact) mass is 403 g/mol. The predicted octanol–water partition coefficient (Wildman–Crippen LogP) is 4.60. The number of hydrogen-bond acceptors (Lipinski definition) is 4. The molecule has 30 heavy (non-hydrogen) atoms. The highest BCUT2D eigenvalue weighted by molar-refractivity contribution is 5.64. The molecule has 0 radical (unpaired) electrons. The molecule has 0 spiro atoms. The third-order valence-electron chi connectivity index (χ3n) is 5.99. The minimum atomic E-state index is 0.930. The summed E-state index contributed by atoms with van der Waals surface area (Å²) >= 11 is 0. The van der Waals surface area contributed by atoms with Crippen molar-refractivity contribution in [3.05, 3.63) is 65.6 Å². The fourth-order valence-corrected chi connectivity index (χ4v) is 4.32. The first-order valence-electron chi connectivity index (χ1n) is 11.3. The first kappa shape index (κ1) is 20.6. The van der Waals surface area contributed by atoms with Crippen LogP contribution in [0.25, 0.3) is 11.3 Å². The standard InChI is InChI=1S/C25H33N5/c1-3-26-14-8-5-9-16-30-25-13-17-29(19-23(25)20(2)28-30)22-12-15-27-24(18-22)21-10-6-4-7-11-21/h4,6-7,10-12,15,18,26H,3,5,8-9,13-14,16-17,19H2,1-2H3. The Bertz CT molecular complexity index is 947. The number of pyridine rings is 1. The number of anilines is 1. The summed E-state index contributed by atoms with van der Waals surface area (Å²) in [6.07, 6.45) is 6.68. The van der Waals surface area contributed by atoms with E-state index in [-0.39, 0.29) is 0 Å². The summed E-state index contributed by atoms with van der Waals surface area (Å²) < 4.78 is 2.28. The Hall–Kier alpha value is -2.66. The largest absolute Gasteiger partial charge is 0.367 e. The highest BCUT2D eigenvalue weighted by Gasteiger charge is 2.23. The molecule has 3 heterocycles. The highest BCUT2D eigenvalue weighted by atomic mass is 15.3. The maximum absolute atomic E-state index is 4.88. The number of aromatic nitrogens is 3. The summed E-state index contributed by atoms with van der Waals surface area (Å²) in [6.45, 7) is 9.50. The zero-order valence-corrected chi connectivity index (χ0v) is 18.3. The lowest BCUT2D eigenvalue weighted by Crippen LogP contribution is -2.31. The van der Waals surface area contributed by atoms with E-state index in [0.29, 0.717) is 0 Å². The van der Waals surface area contributed by atoms with Gasteiger partial charge < -0.3 is 10.2 Å². The van der Waals surface area contributed by atoms with Gasteiger partial charge in [-0.05, 0) is 45.0 Å². The third kappa shape index (κ3) is 4.73. The molecule has 1 N–H and O–H groups in total. The van der Waals surface area contributed by atoms with Crippen LogP contribution in [0.3, 0.4) is 0 Å². The summed E-state index contributed by atoms with van der Waals surface area (Å²) in [6, 6.07) is 14.7. The minimum Gasteiger partial charge on any atom is -0.367 e. The van der Waals surface area contributed by atoms with Gasteiger partial charge in [-0.1, -0.05) is 43.7 Å². The maximum atomic E-state index is 4.88. The molecule has 2 aromatic heterocycles. The molecule has 0 atom stereocenters. The van der Waals surface area contributed by atoms with Gasteiger partial charge in [0.1, 0.15) is 0 Å². The van der Waals surface area contributed by atoms with Crippen molar-refractivity contribution < 1.29 is 0 Å². The van der Waals surface area contributed by atoms with E-state index >= 15 is 0 Å². The van der Waals surface area contributed by atoms with E-state index in [1.165, 1.54) is 41.9 Å². The number of unbranched alkanes of at least 4 members (excludes halogenated alkanes) is 2. The normalized spacial score (nSPS) is 13.5. The van der Waals surface area contributed by atoms with Crippen LogP contribution in [0.4, 0.5) is 5.69 Å². The second-order valence-electron chi connectivity index (χ2n) is 8.08. The molecule has 0 unspecified atom stereocenters. The lowest BCUT2D eigenvalue weighted by Gasteiger charge is -2.30. The van der Waals surface area contributed by atoms with Gasteiger partial charge in [0.15, 0.2) is 0 Å². The Kier molecular flexibility index (Phi) is 6.80. The smallest absolute Gasteiger partial charge is 0.0722 e. The lowest BCUT2D eigenvalue weighted by atomic mass is 10.0. The summed E-state index contributed by atoms with van der Waals surface area (Å²) in [5, 5.41) is 8.28. The van der Waals surface area contributed by atoms with Crippen molar-refractivity contribution >= 4 is 5.69 Å². The topological polar surface area (TPSA) is 46.0 Å². The van der Waals surface area contributed by atoms with Crippen molar-refractivity contribution in [1.82, 2.24) is 20.1 Å². The van der Waals surface area contributed by atoms with Crippen LogP contribution in [-0.4, -0.2) is 34.4 Å². The average Bonchev–Trinajstić information content (AvgIpc) is 3.12. The molecule has 0 aliphatic carbocycles. The number of fused-ring (bicyclic) bond motifs is 1. The van der Waals surface area contributed by atoms with Crippen LogP contribution in [0.5, 0.6) is 0 Å². The zero-order chi connectivity index (χ0) is 20.8. The molecule has 0 amide bonds. The van der Waals surface area contributed by atoms with E-state index in [1.54, 1.807) is 0 Å². The summed E-state index contributed by atoms with van der Waals surface area (Å²) in [4.78, 5) is 7.05. The lowest BCUT2D eigenvalue weighted by molar-refractivity contribution is 0.510. The molecule has 5 heteroatoms. The summed E-state index contributed by atoms with van der Waals surface area (Å²) in [7, 11) is 0. The van der Waals surface area contributed by atoms with Crippen LogP contribution >= 0.6 is 0 Å². The Morgan fingerprint density at radius 2 is 1.93 bits per heavy atom. The van der Waals surface area contributed by atoms with E-state index in [4.69, 9.17) is 5.10 Å². The second-order valence-corrected chi connectivity index (χ2v) is 8.08. The number of hydrogen-bond donors (Lipinski definition) is 1. The molecule has 0 bridgehead atoms. The van der Waals surface area contributed by atoms with E-state index < -0.39 is 0 Å². The van der Waals surface area contributed by atoms with E-state index in [2.05, 4.69) is 70.1 Å². The molecule has 1 aliphatic heterocycles. The van der Waals surface area contributed by atoms with Gasteiger partial charge in [0, 0.05) is 54.8 Å². The molecule has 0 saturated heterocycles. The van der Waals surface area contributed by atoms with Crippen LogP contribution in [0.1, 0.15) is 43.1 Å². The second kappa shape index (κ2) is 9.90. The Labute approximate surface area is 180 Å². The maximum Gasteiger partial charge on any atom is 0.0722 e. The molecule has 1 aromatic carbocycles. The zero-order valence-electron chi connectivity index (χ0n) is 18.3. The molecule has 4 rings (SSSR count). The van der Waals surface area contributed by atoms with E-state index in [0.717, 1.165) is 50.4 Å². The van der Waals surface area contributed by atoms with Gasteiger partial charge >= 0.3 is 0 Å². The molecular weight excluding hydrogens is 370 g/mol. The van der Waals surface area contributed by atoms with Gasteiger partial charge in [-0.2, -0.15) is 5.10 Å². The van der Waals surface area contributed by atoms with Crippen molar-refractivity contribution in [3.63, 3.8) is 0 Å². The quantitative estimate of drug-likeness (QED) is 0.531. The van der Waals surface area contributed by atoms with Crippen LogP contribution in [0.15, 0.2) is 48.7 Å². The van der Waals surface area contributed by atoms with Gasteiger partial charge in [-0.3, -0.25) is 9.67 Å². The molecular formula is C25H33N5. The number of rotatable bonds is 9. The predicted molar refractivity (Wildman–Crippen MR) is 124 cm³/mol. The molecule has 1 aliphatic rings. The van der Waals surface area contributed by atoms with Gasteiger partial charge in [0.05, 0.1) is 11.4 Å².